The Morgan fingerprint density at radius 1 is 1.06 bits per heavy atom. The van der Waals surface area contributed by atoms with Gasteiger partial charge >= 0.3 is 0 Å². The normalized spacial score (nSPS) is 10.3. The number of nitrogen functional groups attached to an aromatic ring is 1. The lowest BCUT2D eigenvalue weighted by Gasteiger charge is -2.21. The first-order chi connectivity index (χ1) is 8.09. The third-order valence-electron chi connectivity index (χ3n) is 2.81. The van der Waals surface area contributed by atoms with Crippen LogP contribution in [0.3, 0.4) is 0 Å². The summed E-state index contributed by atoms with van der Waals surface area (Å²) in [4.78, 5) is 1.87. The van der Waals surface area contributed by atoms with E-state index in [1.807, 2.05) is 43.1 Å². The number of nitrogens with zero attached hydrogens (tertiary/aromatic N) is 1. The Labute approximate surface area is 100 Å². The molecule has 0 aliphatic rings. The van der Waals surface area contributed by atoms with E-state index < -0.39 is 0 Å². The molecule has 0 fully saturated rings. The topological polar surface area (TPSA) is 29.3 Å². The molecule has 17 heavy (non-hydrogen) atoms. The highest BCUT2D eigenvalue weighted by atomic mass is 19.1. The zero-order chi connectivity index (χ0) is 12.4. The number of rotatable bonds is 2. The molecule has 3 heteroatoms. The zero-order valence-corrected chi connectivity index (χ0v) is 9.94. The fraction of sp³-hybridized carbons (Fsp3) is 0.143. The van der Waals surface area contributed by atoms with E-state index in [0.29, 0.717) is 5.69 Å². The van der Waals surface area contributed by atoms with E-state index in [9.17, 15) is 4.39 Å². The van der Waals surface area contributed by atoms with Gasteiger partial charge in [0.1, 0.15) is 5.82 Å². The molecule has 2 aromatic rings. The van der Waals surface area contributed by atoms with Gasteiger partial charge in [-0.05, 0) is 31.2 Å². The predicted octanol–water partition coefficient (Wildman–Crippen LogP) is 3.48. The monoisotopic (exact) mass is 230 g/mol. The number of hydrogen-bond acceptors (Lipinski definition) is 2. The highest BCUT2D eigenvalue weighted by molar-refractivity contribution is 5.74. The Balaban J connectivity index is 2.40. The molecular weight excluding hydrogens is 215 g/mol. The predicted molar refractivity (Wildman–Crippen MR) is 70.1 cm³/mol. The van der Waals surface area contributed by atoms with E-state index in [1.165, 1.54) is 11.6 Å². The molecule has 0 aliphatic carbocycles. The van der Waals surface area contributed by atoms with Gasteiger partial charge in [0.2, 0.25) is 0 Å². The largest absolute Gasteiger partial charge is 0.395 e. The molecule has 2 N–H and O–H groups in total. The summed E-state index contributed by atoms with van der Waals surface area (Å²) in [7, 11) is 1.87. The number of benzene rings is 2. The van der Waals surface area contributed by atoms with Gasteiger partial charge in [-0.1, -0.05) is 23.8 Å². The quantitative estimate of drug-likeness (QED) is 0.800. The second kappa shape index (κ2) is 4.45. The molecule has 88 valence electrons. The van der Waals surface area contributed by atoms with Crippen LogP contribution in [0.5, 0.6) is 0 Å². The van der Waals surface area contributed by atoms with E-state index >= 15 is 0 Å². The fourth-order valence-electron chi connectivity index (χ4n) is 1.73. The summed E-state index contributed by atoms with van der Waals surface area (Å²) in [5.74, 6) is -0.388. The number of aryl methyl sites for hydroxylation is 1. The molecule has 0 atom stereocenters. The lowest BCUT2D eigenvalue weighted by atomic mass is 10.2. The van der Waals surface area contributed by atoms with Gasteiger partial charge in [-0.15, -0.1) is 0 Å². The van der Waals surface area contributed by atoms with Crippen molar-refractivity contribution in [3.05, 3.63) is 53.8 Å². The second-order valence-corrected chi connectivity index (χ2v) is 4.07. The number of anilines is 3. The number of nitrogens with two attached hydrogens (primary N) is 1. The van der Waals surface area contributed by atoms with Crippen molar-refractivity contribution in [2.75, 3.05) is 17.7 Å². The van der Waals surface area contributed by atoms with E-state index in [4.69, 9.17) is 5.73 Å². The maximum absolute atomic E-state index is 13.4. The first-order valence-corrected chi connectivity index (χ1v) is 5.44. The van der Waals surface area contributed by atoms with Crippen molar-refractivity contribution in [1.82, 2.24) is 0 Å². The van der Waals surface area contributed by atoms with Crippen LogP contribution in [0.15, 0.2) is 42.5 Å². The fourth-order valence-corrected chi connectivity index (χ4v) is 1.73. The molecule has 0 spiro atoms. The van der Waals surface area contributed by atoms with Gasteiger partial charge in [-0.25, -0.2) is 4.39 Å². The molecule has 0 aliphatic heterocycles. The molecule has 2 aromatic carbocycles. The molecule has 0 saturated heterocycles. The third kappa shape index (κ3) is 2.23. The van der Waals surface area contributed by atoms with Crippen molar-refractivity contribution >= 4 is 17.1 Å². The van der Waals surface area contributed by atoms with E-state index in [-0.39, 0.29) is 11.5 Å². The number of para-hydroxylation sites is 1. The first-order valence-electron chi connectivity index (χ1n) is 5.44. The van der Waals surface area contributed by atoms with Crippen LogP contribution in [0.25, 0.3) is 0 Å². The molecule has 0 amide bonds. The lowest BCUT2D eigenvalue weighted by Crippen LogP contribution is -2.12. The minimum Gasteiger partial charge on any atom is -0.395 e. The van der Waals surface area contributed by atoms with E-state index in [1.54, 1.807) is 12.1 Å². The van der Waals surface area contributed by atoms with Crippen LogP contribution in [0.4, 0.5) is 21.5 Å². The molecule has 0 saturated carbocycles. The number of halogens is 1. The van der Waals surface area contributed by atoms with Gasteiger partial charge in [-0.3, -0.25) is 0 Å². The highest BCUT2D eigenvalue weighted by Crippen LogP contribution is 2.30. The average molecular weight is 230 g/mol. The van der Waals surface area contributed by atoms with Gasteiger partial charge in [0.05, 0.1) is 11.4 Å². The summed E-state index contributed by atoms with van der Waals surface area (Å²) >= 11 is 0. The smallest absolute Gasteiger partial charge is 0.148 e. The first kappa shape index (κ1) is 11.5. The Morgan fingerprint density at radius 2 is 1.71 bits per heavy atom. The molecule has 2 nitrogen and oxygen atoms in total. The maximum atomic E-state index is 13.4. The summed E-state index contributed by atoms with van der Waals surface area (Å²) in [5, 5.41) is 0. The average Bonchev–Trinajstić information content (AvgIpc) is 2.33. The Morgan fingerprint density at radius 3 is 2.35 bits per heavy atom. The minimum absolute atomic E-state index is 0.176. The highest BCUT2D eigenvalue weighted by Gasteiger charge is 2.10. The Kier molecular flexibility index (Phi) is 3.00. The van der Waals surface area contributed by atoms with Gasteiger partial charge in [0.25, 0.3) is 0 Å². The standard InChI is InChI=1S/C14H15FN2/c1-10-6-8-11(9-7-10)17(2)13-5-3-4-12(15)14(13)16/h3-9H,16H2,1-2H3. The van der Waals surface area contributed by atoms with Crippen LogP contribution >= 0.6 is 0 Å². The van der Waals surface area contributed by atoms with Gasteiger partial charge in [0, 0.05) is 12.7 Å². The molecule has 2 rings (SSSR count). The van der Waals surface area contributed by atoms with Crippen LogP contribution in [0, 0.1) is 12.7 Å². The molecule has 0 heterocycles. The van der Waals surface area contributed by atoms with Crippen molar-refractivity contribution in [1.29, 1.82) is 0 Å². The Hall–Kier alpha value is -2.03. The molecule has 0 radical (unpaired) electrons. The van der Waals surface area contributed by atoms with Crippen molar-refractivity contribution in [3.63, 3.8) is 0 Å². The lowest BCUT2D eigenvalue weighted by molar-refractivity contribution is 0.632. The van der Waals surface area contributed by atoms with E-state index in [2.05, 4.69) is 0 Å². The van der Waals surface area contributed by atoms with Crippen molar-refractivity contribution in [2.45, 2.75) is 6.92 Å². The summed E-state index contributed by atoms with van der Waals surface area (Å²) < 4.78 is 13.4. The van der Waals surface area contributed by atoms with Gasteiger partial charge in [0.15, 0.2) is 0 Å². The summed E-state index contributed by atoms with van der Waals surface area (Å²) in [6.07, 6.45) is 0. The van der Waals surface area contributed by atoms with Crippen molar-refractivity contribution in [3.8, 4) is 0 Å². The third-order valence-corrected chi connectivity index (χ3v) is 2.81. The van der Waals surface area contributed by atoms with E-state index in [0.717, 1.165) is 5.69 Å². The number of hydrogen-bond donors (Lipinski definition) is 1. The summed E-state index contributed by atoms with van der Waals surface area (Å²) in [5.41, 5.74) is 8.75. The minimum atomic E-state index is -0.388. The van der Waals surface area contributed by atoms with Crippen molar-refractivity contribution < 1.29 is 4.39 Å². The SMILES string of the molecule is Cc1ccc(N(C)c2cccc(F)c2N)cc1. The Bertz CT molecular complexity index is 520. The molecular formula is C14H15FN2. The van der Waals surface area contributed by atoms with Gasteiger partial charge in [-0.2, -0.15) is 0 Å². The molecule has 0 unspecified atom stereocenters. The second-order valence-electron chi connectivity index (χ2n) is 4.07. The molecule has 0 aromatic heterocycles. The summed E-state index contributed by atoms with van der Waals surface area (Å²) in [6, 6.07) is 12.8. The van der Waals surface area contributed by atoms with Gasteiger partial charge < -0.3 is 10.6 Å². The summed E-state index contributed by atoms with van der Waals surface area (Å²) in [6.45, 7) is 2.03. The van der Waals surface area contributed by atoms with Crippen LogP contribution in [0.1, 0.15) is 5.56 Å². The van der Waals surface area contributed by atoms with Crippen molar-refractivity contribution in [2.24, 2.45) is 0 Å². The maximum Gasteiger partial charge on any atom is 0.148 e. The van der Waals surface area contributed by atoms with Crippen LogP contribution in [-0.2, 0) is 0 Å². The van der Waals surface area contributed by atoms with Crippen LogP contribution in [0.2, 0.25) is 0 Å². The van der Waals surface area contributed by atoms with Crippen LogP contribution < -0.4 is 10.6 Å². The molecule has 0 bridgehead atoms. The van der Waals surface area contributed by atoms with Crippen LogP contribution in [-0.4, -0.2) is 7.05 Å². The zero-order valence-electron chi connectivity index (χ0n) is 9.94.